The predicted octanol–water partition coefficient (Wildman–Crippen LogP) is 2.34. The molecule has 1 atom stereocenters. The van der Waals surface area contributed by atoms with E-state index in [1.54, 1.807) is 12.1 Å². The molecule has 0 bridgehead atoms. The highest BCUT2D eigenvalue weighted by molar-refractivity contribution is 5.40. The Morgan fingerprint density at radius 1 is 1.11 bits per heavy atom. The van der Waals surface area contributed by atoms with Crippen LogP contribution < -0.4 is 0 Å². The maximum atomic E-state index is 10.1. The first-order valence-electron chi connectivity index (χ1n) is 5.88. The molecule has 0 radical (unpaired) electrons. The molecule has 0 aliphatic heterocycles. The smallest absolute Gasteiger partial charge is 0.187 e. The van der Waals surface area contributed by atoms with E-state index in [0.29, 0.717) is 5.56 Å². The molecule has 18 heavy (non-hydrogen) atoms. The second kappa shape index (κ2) is 5.69. The summed E-state index contributed by atoms with van der Waals surface area (Å²) < 4.78 is 10.0. The van der Waals surface area contributed by atoms with Crippen molar-refractivity contribution in [1.82, 2.24) is 0 Å². The van der Waals surface area contributed by atoms with E-state index >= 15 is 0 Å². The molecular weight excluding hydrogens is 232 g/mol. The van der Waals surface area contributed by atoms with Crippen molar-refractivity contribution >= 4 is 0 Å². The number of aromatic hydroxyl groups is 1. The second-order valence-electron chi connectivity index (χ2n) is 5.31. The lowest BCUT2D eigenvalue weighted by atomic mass is 9.85. The van der Waals surface area contributed by atoms with Crippen molar-refractivity contribution in [3.8, 4) is 5.75 Å². The SMILES string of the molecule is COC(OC)C(O)c1cc(C(C)(C)C)ccc1O. The van der Waals surface area contributed by atoms with Gasteiger partial charge in [-0.2, -0.15) is 0 Å². The third-order valence-corrected chi connectivity index (χ3v) is 2.93. The van der Waals surface area contributed by atoms with Gasteiger partial charge in [0.25, 0.3) is 0 Å². The van der Waals surface area contributed by atoms with Crippen molar-refractivity contribution in [3.05, 3.63) is 29.3 Å². The van der Waals surface area contributed by atoms with Gasteiger partial charge in [-0.15, -0.1) is 0 Å². The van der Waals surface area contributed by atoms with Gasteiger partial charge in [-0.1, -0.05) is 26.8 Å². The zero-order chi connectivity index (χ0) is 13.9. The fourth-order valence-corrected chi connectivity index (χ4v) is 1.76. The van der Waals surface area contributed by atoms with Crippen molar-refractivity contribution in [3.63, 3.8) is 0 Å². The van der Waals surface area contributed by atoms with E-state index in [9.17, 15) is 10.2 Å². The molecule has 1 aromatic rings. The van der Waals surface area contributed by atoms with Gasteiger partial charge in [-0.05, 0) is 23.1 Å². The van der Waals surface area contributed by atoms with Crippen LogP contribution >= 0.6 is 0 Å². The monoisotopic (exact) mass is 254 g/mol. The summed E-state index contributed by atoms with van der Waals surface area (Å²) in [6.07, 6.45) is -1.83. The van der Waals surface area contributed by atoms with Crippen LogP contribution in [0.1, 0.15) is 38.0 Å². The van der Waals surface area contributed by atoms with Gasteiger partial charge in [-0.25, -0.2) is 0 Å². The van der Waals surface area contributed by atoms with Crippen molar-refractivity contribution in [2.75, 3.05) is 14.2 Å². The lowest BCUT2D eigenvalue weighted by Crippen LogP contribution is -2.23. The largest absolute Gasteiger partial charge is 0.508 e. The fourth-order valence-electron chi connectivity index (χ4n) is 1.76. The van der Waals surface area contributed by atoms with Crippen LogP contribution in [-0.4, -0.2) is 30.7 Å². The van der Waals surface area contributed by atoms with Crippen LogP contribution in [0, 0.1) is 0 Å². The van der Waals surface area contributed by atoms with Gasteiger partial charge in [0, 0.05) is 19.8 Å². The molecule has 1 unspecified atom stereocenters. The first-order chi connectivity index (χ1) is 8.31. The highest BCUT2D eigenvalue weighted by Crippen LogP contribution is 2.32. The van der Waals surface area contributed by atoms with Crippen LogP contribution in [0.25, 0.3) is 0 Å². The van der Waals surface area contributed by atoms with E-state index in [4.69, 9.17) is 9.47 Å². The number of benzene rings is 1. The number of methoxy groups -OCH3 is 2. The van der Waals surface area contributed by atoms with E-state index in [2.05, 4.69) is 20.8 Å². The quantitative estimate of drug-likeness (QED) is 0.810. The average molecular weight is 254 g/mol. The molecule has 0 aliphatic carbocycles. The lowest BCUT2D eigenvalue weighted by molar-refractivity contribution is -0.166. The number of aliphatic hydroxyl groups is 1. The van der Waals surface area contributed by atoms with Gasteiger partial charge in [0.1, 0.15) is 11.9 Å². The lowest BCUT2D eigenvalue weighted by Gasteiger charge is -2.24. The summed E-state index contributed by atoms with van der Waals surface area (Å²) in [4.78, 5) is 0. The highest BCUT2D eigenvalue weighted by atomic mass is 16.7. The summed E-state index contributed by atoms with van der Waals surface area (Å²) in [5.74, 6) is 0.0367. The number of rotatable bonds is 4. The van der Waals surface area contributed by atoms with Crippen LogP contribution in [0.5, 0.6) is 5.75 Å². The van der Waals surface area contributed by atoms with Gasteiger partial charge < -0.3 is 19.7 Å². The Balaban J connectivity index is 3.15. The van der Waals surface area contributed by atoms with Gasteiger partial charge in [0.2, 0.25) is 0 Å². The molecule has 0 saturated carbocycles. The Morgan fingerprint density at radius 3 is 2.11 bits per heavy atom. The van der Waals surface area contributed by atoms with Gasteiger partial charge >= 0.3 is 0 Å². The Hall–Kier alpha value is -1.10. The van der Waals surface area contributed by atoms with Crippen molar-refractivity contribution < 1.29 is 19.7 Å². The normalized spacial score (nSPS) is 13.9. The Labute approximate surface area is 108 Å². The zero-order valence-corrected chi connectivity index (χ0v) is 11.6. The molecule has 2 N–H and O–H groups in total. The summed E-state index contributed by atoms with van der Waals surface area (Å²) in [6.45, 7) is 6.21. The number of phenols is 1. The minimum absolute atomic E-state index is 0.0367. The van der Waals surface area contributed by atoms with Crippen molar-refractivity contribution in [2.45, 2.75) is 38.6 Å². The van der Waals surface area contributed by atoms with Crippen LogP contribution in [0.3, 0.4) is 0 Å². The number of hydrogen-bond acceptors (Lipinski definition) is 4. The molecule has 4 nitrogen and oxygen atoms in total. The van der Waals surface area contributed by atoms with E-state index < -0.39 is 12.4 Å². The first kappa shape index (κ1) is 15.0. The predicted molar refractivity (Wildman–Crippen MR) is 69.6 cm³/mol. The molecule has 1 rings (SSSR count). The summed E-state index contributed by atoms with van der Waals surface area (Å²) in [6, 6.07) is 5.22. The maximum absolute atomic E-state index is 10.1. The highest BCUT2D eigenvalue weighted by Gasteiger charge is 2.25. The molecule has 1 aromatic carbocycles. The molecule has 4 heteroatoms. The first-order valence-corrected chi connectivity index (χ1v) is 5.88. The Bertz CT molecular complexity index is 391. The summed E-state index contributed by atoms with van der Waals surface area (Å²) >= 11 is 0. The van der Waals surface area contributed by atoms with Crippen LogP contribution in [0.15, 0.2) is 18.2 Å². The molecule has 0 amide bonds. The molecule has 0 spiro atoms. The molecule has 0 aromatic heterocycles. The van der Waals surface area contributed by atoms with E-state index in [-0.39, 0.29) is 11.2 Å². The summed E-state index contributed by atoms with van der Waals surface area (Å²) in [5.41, 5.74) is 1.38. The van der Waals surface area contributed by atoms with Gasteiger partial charge in [0.15, 0.2) is 6.29 Å². The standard InChI is InChI=1S/C14H22O4/c1-14(2,3)9-6-7-11(15)10(8-9)12(16)13(17-4)18-5/h6-8,12-13,15-16H,1-5H3. The Morgan fingerprint density at radius 2 is 1.67 bits per heavy atom. The summed E-state index contributed by atoms with van der Waals surface area (Å²) in [5, 5.41) is 20.0. The van der Waals surface area contributed by atoms with E-state index in [0.717, 1.165) is 5.56 Å². The number of hydrogen-bond donors (Lipinski definition) is 2. The minimum Gasteiger partial charge on any atom is -0.508 e. The molecule has 102 valence electrons. The fraction of sp³-hybridized carbons (Fsp3) is 0.571. The Kier molecular flexibility index (Phi) is 4.73. The summed E-state index contributed by atoms with van der Waals surface area (Å²) in [7, 11) is 2.89. The molecular formula is C14H22O4. The third kappa shape index (κ3) is 3.22. The second-order valence-corrected chi connectivity index (χ2v) is 5.31. The molecule has 0 aliphatic rings. The molecule has 0 fully saturated rings. The van der Waals surface area contributed by atoms with E-state index in [1.165, 1.54) is 14.2 Å². The number of phenolic OH excluding ortho intramolecular Hbond substituents is 1. The minimum atomic E-state index is -1.03. The molecule has 0 heterocycles. The van der Waals surface area contributed by atoms with Crippen LogP contribution in [-0.2, 0) is 14.9 Å². The molecule has 0 saturated heterocycles. The number of aliphatic hydroxyl groups excluding tert-OH is 1. The maximum Gasteiger partial charge on any atom is 0.187 e. The van der Waals surface area contributed by atoms with E-state index in [1.807, 2.05) is 6.07 Å². The topological polar surface area (TPSA) is 58.9 Å². The van der Waals surface area contributed by atoms with Crippen molar-refractivity contribution in [1.29, 1.82) is 0 Å². The van der Waals surface area contributed by atoms with Crippen molar-refractivity contribution in [2.24, 2.45) is 0 Å². The zero-order valence-electron chi connectivity index (χ0n) is 11.6. The number of ether oxygens (including phenoxy) is 2. The van der Waals surface area contributed by atoms with Crippen LogP contribution in [0.2, 0.25) is 0 Å². The third-order valence-electron chi connectivity index (χ3n) is 2.93. The van der Waals surface area contributed by atoms with Gasteiger partial charge in [0.05, 0.1) is 0 Å². The van der Waals surface area contributed by atoms with Gasteiger partial charge in [-0.3, -0.25) is 0 Å². The average Bonchev–Trinajstić information content (AvgIpc) is 2.29. The van der Waals surface area contributed by atoms with Crippen LogP contribution in [0.4, 0.5) is 0 Å².